The summed E-state index contributed by atoms with van der Waals surface area (Å²) in [5.74, 6) is -0.0623. The van der Waals surface area contributed by atoms with E-state index in [0.29, 0.717) is 22.1 Å². The summed E-state index contributed by atoms with van der Waals surface area (Å²) in [6.45, 7) is 1.92. The summed E-state index contributed by atoms with van der Waals surface area (Å²) in [5, 5.41) is 14.1. The van der Waals surface area contributed by atoms with E-state index in [0.717, 1.165) is 11.3 Å². The Morgan fingerprint density at radius 1 is 1.12 bits per heavy atom. The van der Waals surface area contributed by atoms with Gasteiger partial charge in [-0.2, -0.15) is 5.10 Å². The molecule has 1 aromatic heterocycles. The average Bonchev–Trinajstić information content (AvgIpc) is 3.07. The van der Waals surface area contributed by atoms with Crippen LogP contribution in [0.2, 0.25) is 10.0 Å². The van der Waals surface area contributed by atoms with Crippen LogP contribution in [0.4, 0.5) is 5.69 Å². The maximum atomic E-state index is 11.2. The van der Waals surface area contributed by atoms with Gasteiger partial charge in [0.25, 0.3) is 0 Å². The van der Waals surface area contributed by atoms with Gasteiger partial charge in [0.05, 0.1) is 22.5 Å². The number of carboxylic acids is 1. The van der Waals surface area contributed by atoms with E-state index in [9.17, 15) is 4.79 Å². The van der Waals surface area contributed by atoms with Crippen LogP contribution in [0.3, 0.4) is 0 Å². The number of aryl methyl sites for hydroxylation is 1. The van der Waals surface area contributed by atoms with E-state index in [2.05, 4.69) is 10.5 Å². The molecule has 0 bridgehead atoms. The van der Waals surface area contributed by atoms with E-state index in [1.807, 2.05) is 19.1 Å². The lowest BCUT2D eigenvalue weighted by atomic mass is 10.1. The zero-order valence-corrected chi connectivity index (χ0v) is 15.2. The molecular weight excluding hydrogens is 375 g/mol. The van der Waals surface area contributed by atoms with Crippen molar-refractivity contribution in [3.63, 3.8) is 0 Å². The van der Waals surface area contributed by atoms with Gasteiger partial charge in [-0.25, -0.2) is 4.79 Å². The summed E-state index contributed by atoms with van der Waals surface area (Å²) in [5.41, 5.74) is 5.25. The van der Waals surface area contributed by atoms with Crippen molar-refractivity contribution in [3.05, 3.63) is 75.5 Å². The van der Waals surface area contributed by atoms with E-state index in [1.54, 1.807) is 24.3 Å². The maximum Gasteiger partial charge on any atom is 0.337 e. The summed E-state index contributed by atoms with van der Waals surface area (Å²) in [4.78, 5) is 11.2. The number of carbonyl (C=O) groups is 1. The first-order chi connectivity index (χ1) is 12.4. The number of hydrogen-bond donors (Lipinski definition) is 2. The topological polar surface area (TPSA) is 74.8 Å². The molecule has 0 unspecified atom stereocenters. The second-order valence-corrected chi connectivity index (χ2v) is 6.35. The molecule has 5 nitrogen and oxygen atoms in total. The lowest BCUT2D eigenvalue weighted by Crippen LogP contribution is -1.97. The Morgan fingerprint density at radius 3 is 2.65 bits per heavy atom. The summed E-state index contributed by atoms with van der Waals surface area (Å²) >= 11 is 11.9. The van der Waals surface area contributed by atoms with Gasteiger partial charge in [0, 0.05) is 10.6 Å². The quantitative estimate of drug-likeness (QED) is 0.433. The fourth-order valence-corrected chi connectivity index (χ4v) is 2.63. The van der Waals surface area contributed by atoms with Gasteiger partial charge in [0.1, 0.15) is 11.5 Å². The molecule has 132 valence electrons. The maximum absolute atomic E-state index is 11.2. The summed E-state index contributed by atoms with van der Waals surface area (Å²) < 4.78 is 5.67. The lowest BCUT2D eigenvalue weighted by Gasteiger charge is -2.02. The minimum absolute atomic E-state index is 0.0219. The highest BCUT2D eigenvalue weighted by Crippen LogP contribution is 2.26. The Kier molecular flexibility index (Phi) is 5.30. The number of hydrogen-bond acceptors (Lipinski definition) is 4. The lowest BCUT2D eigenvalue weighted by molar-refractivity contribution is 0.0697. The minimum Gasteiger partial charge on any atom is -0.478 e. The molecule has 0 amide bonds. The molecule has 0 radical (unpaired) electrons. The van der Waals surface area contributed by atoms with E-state index in [4.69, 9.17) is 32.7 Å². The molecule has 0 aliphatic carbocycles. The fourth-order valence-electron chi connectivity index (χ4n) is 2.25. The van der Waals surface area contributed by atoms with Crippen LogP contribution in [0.25, 0.3) is 11.3 Å². The zero-order valence-electron chi connectivity index (χ0n) is 13.7. The molecule has 0 atom stereocenters. The molecule has 26 heavy (non-hydrogen) atoms. The van der Waals surface area contributed by atoms with Crippen molar-refractivity contribution < 1.29 is 14.3 Å². The van der Waals surface area contributed by atoms with Gasteiger partial charge in [-0.15, -0.1) is 0 Å². The molecule has 3 rings (SSSR count). The monoisotopic (exact) mass is 388 g/mol. The molecule has 0 saturated carbocycles. The van der Waals surface area contributed by atoms with E-state index in [-0.39, 0.29) is 10.6 Å². The molecule has 2 aromatic carbocycles. The average molecular weight is 389 g/mol. The van der Waals surface area contributed by atoms with Crippen LogP contribution < -0.4 is 5.43 Å². The van der Waals surface area contributed by atoms with Crippen LogP contribution in [0, 0.1) is 6.92 Å². The molecular formula is C19H14Cl2N2O3. The molecule has 3 aromatic rings. The normalized spacial score (nSPS) is 11.0. The number of benzene rings is 2. The van der Waals surface area contributed by atoms with Crippen LogP contribution in [0.15, 0.2) is 58.0 Å². The van der Waals surface area contributed by atoms with Crippen molar-refractivity contribution in [2.75, 3.05) is 5.43 Å². The summed E-state index contributed by atoms with van der Waals surface area (Å²) in [6.07, 6.45) is 1.52. The van der Waals surface area contributed by atoms with Crippen molar-refractivity contribution in [3.8, 4) is 11.3 Å². The smallest absolute Gasteiger partial charge is 0.337 e. The Balaban J connectivity index is 1.74. The number of anilines is 1. The minimum atomic E-state index is -1.09. The predicted octanol–water partition coefficient (Wildman–Crippen LogP) is 5.71. The first-order valence-corrected chi connectivity index (χ1v) is 8.38. The Hall–Kier alpha value is -2.76. The van der Waals surface area contributed by atoms with Crippen molar-refractivity contribution in [1.29, 1.82) is 0 Å². The second kappa shape index (κ2) is 7.64. The number of nitrogens with zero attached hydrogens (tertiary/aromatic N) is 1. The predicted molar refractivity (Wildman–Crippen MR) is 104 cm³/mol. The molecule has 0 saturated heterocycles. The van der Waals surface area contributed by atoms with Crippen molar-refractivity contribution in [2.45, 2.75) is 6.92 Å². The number of rotatable bonds is 5. The van der Waals surface area contributed by atoms with E-state index < -0.39 is 5.97 Å². The van der Waals surface area contributed by atoms with Gasteiger partial charge in [0.2, 0.25) is 0 Å². The molecule has 0 aliphatic rings. The van der Waals surface area contributed by atoms with Crippen molar-refractivity contribution in [2.24, 2.45) is 5.10 Å². The number of halogens is 2. The van der Waals surface area contributed by atoms with E-state index in [1.165, 1.54) is 18.3 Å². The van der Waals surface area contributed by atoms with Gasteiger partial charge < -0.3 is 9.52 Å². The SMILES string of the molecule is Cc1ccc(N/N=C\c2ccc(-c3ccc(Cl)c(C(=O)O)c3)o2)cc1Cl. The Bertz CT molecular complexity index is 996. The number of aromatic carboxylic acids is 1. The summed E-state index contributed by atoms with van der Waals surface area (Å²) in [6, 6.07) is 13.7. The first kappa shape index (κ1) is 18.0. The van der Waals surface area contributed by atoms with Gasteiger partial charge in [-0.3, -0.25) is 5.43 Å². The molecule has 0 fully saturated rings. The van der Waals surface area contributed by atoms with Crippen LogP contribution in [-0.2, 0) is 0 Å². The molecule has 0 spiro atoms. The number of hydrazone groups is 1. The van der Waals surface area contributed by atoms with Gasteiger partial charge in [-0.1, -0.05) is 29.3 Å². The van der Waals surface area contributed by atoms with Gasteiger partial charge in [0.15, 0.2) is 0 Å². The van der Waals surface area contributed by atoms with Crippen LogP contribution >= 0.6 is 23.2 Å². The van der Waals surface area contributed by atoms with Crippen molar-refractivity contribution in [1.82, 2.24) is 0 Å². The van der Waals surface area contributed by atoms with Gasteiger partial charge in [-0.05, 0) is 55.0 Å². The first-order valence-electron chi connectivity index (χ1n) is 7.62. The summed E-state index contributed by atoms with van der Waals surface area (Å²) in [7, 11) is 0. The largest absolute Gasteiger partial charge is 0.478 e. The molecule has 2 N–H and O–H groups in total. The molecule has 7 heteroatoms. The highest BCUT2D eigenvalue weighted by molar-refractivity contribution is 6.33. The molecule has 1 heterocycles. The second-order valence-electron chi connectivity index (χ2n) is 5.54. The highest BCUT2D eigenvalue weighted by Gasteiger charge is 2.12. The Morgan fingerprint density at radius 2 is 1.92 bits per heavy atom. The third-order valence-electron chi connectivity index (χ3n) is 3.67. The third kappa shape index (κ3) is 4.07. The van der Waals surface area contributed by atoms with E-state index >= 15 is 0 Å². The molecule has 0 aliphatic heterocycles. The standard InChI is InChI=1S/C19H14Cl2N2O3/c1-11-2-4-13(9-17(11)21)23-22-10-14-5-7-18(26-14)12-3-6-16(20)15(8-12)19(24)25/h2-10,23H,1H3,(H,24,25)/b22-10-. The number of carboxylic acid groups (broad SMARTS) is 1. The number of furan rings is 1. The van der Waals surface area contributed by atoms with Crippen LogP contribution in [0.5, 0.6) is 0 Å². The highest BCUT2D eigenvalue weighted by atomic mass is 35.5. The zero-order chi connectivity index (χ0) is 18.7. The van der Waals surface area contributed by atoms with Crippen LogP contribution in [0.1, 0.15) is 21.7 Å². The fraction of sp³-hybridized carbons (Fsp3) is 0.0526. The van der Waals surface area contributed by atoms with Crippen molar-refractivity contribution >= 4 is 41.1 Å². The Labute approximate surface area is 159 Å². The van der Waals surface area contributed by atoms with Crippen LogP contribution in [-0.4, -0.2) is 17.3 Å². The number of nitrogens with one attached hydrogen (secondary N) is 1. The third-order valence-corrected chi connectivity index (χ3v) is 4.40. The van der Waals surface area contributed by atoms with Gasteiger partial charge >= 0.3 is 5.97 Å².